The average Bonchev–Trinajstić information content (AvgIpc) is 3.32. The molecule has 6 nitrogen and oxygen atoms in total. The molecule has 2 bridgehead atoms. The van der Waals surface area contributed by atoms with Crippen LogP contribution in [0.5, 0.6) is 0 Å². The van der Waals surface area contributed by atoms with Crippen LogP contribution in [0.25, 0.3) is 0 Å². The van der Waals surface area contributed by atoms with Crippen molar-refractivity contribution in [1.82, 2.24) is 0 Å². The van der Waals surface area contributed by atoms with Crippen LogP contribution in [-0.2, 0) is 27.2 Å². The zero-order valence-electron chi connectivity index (χ0n) is 15.6. The lowest BCUT2D eigenvalue weighted by Crippen LogP contribution is -2.38. The molecular formula is C20H25NO5S. The number of carboxylic acid groups (broad SMARTS) is 1. The second kappa shape index (κ2) is 6.93. The van der Waals surface area contributed by atoms with Crippen molar-refractivity contribution in [3.05, 3.63) is 16.0 Å². The number of hydrogen-bond acceptors (Lipinski definition) is 5. The molecule has 3 aliphatic rings. The summed E-state index contributed by atoms with van der Waals surface area (Å²) < 4.78 is 4.97. The largest absolute Gasteiger partial charge is 0.481 e. The highest BCUT2D eigenvalue weighted by atomic mass is 32.1. The minimum absolute atomic E-state index is 0.0979. The van der Waals surface area contributed by atoms with E-state index in [0.29, 0.717) is 16.5 Å². The van der Waals surface area contributed by atoms with Gasteiger partial charge in [0.2, 0.25) is 5.91 Å². The fourth-order valence-corrected chi connectivity index (χ4v) is 6.78. The van der Waals surface area contributed by atoms with Crippen LogP contribution >= 0.6 is 11.3 Å². The number of carbonyl (C=O) groups is 3. The number of thiophene rings is 1. The Kier molecular flexibility index (Phi) is 4.74. The summed E-state index contributed by atoms with van der Waals surface area (Å²) in [5, 5.41) is 13.1. The highest BCUT2D eigenvalue weighted by Crippen LogP contribution is 2.53. The number of ether oxygens (including phenoxy) is 1. The maximum atomic E-state index is 13.0. The zero-order chi connectivity index (χ0) is 19.3. The van der Waals surface area contributed by atoms with E-state index >= 15 is 0 Å². The van der Waals surface area contributed by atoms with E-state index in [1.807, 2.05) is 0 Å². The second-order valence-electron chi connectivity index (χ2n) is 8.26. The number of carboxylic acids is 1. The molecule has 2 N–H and O–H groups in total. The fourth-order valence-electron chi connectivity index (χ4n) is 5.38. The predicted octanol–water partition coefficient (Wildman–Crippen LogP) is 3.34. The molecule has 2 saturated carbocycles. The summed E-state index contributed by atoms with van der Waals surface area (Å²) in [6, 6.07) is 0. The molecule has 0 aliphatic heterocycles. The van der Waals surface area contributed by atoms with E-state index in [1.54, 1.807) is 0 Å². The summed E-state index contributed by atoms with van der Waals surface area (Å²) in [6.45, 7) is 2.19. The first-order valence-electron chi connectivity index (χ1n) is 9.67. The van der Waals surface area contributed by atoms with Crippen LogP contribution in [0.4, 0.5) is 5.00 Å². The van der Waals surface area contributed by atoms with Gasteiger partial charge in [-0.1, -0.05) is 6.92 Å². The number of methoxy groups -OCH3 is 1. The molecule has 0 aromatic carbocycles. The molecule has 1 heterocycles. The third-order valence-electron chi connectivity index (χ3n) is 6.64. The Balaban J connectivity index is 1.63. The van der Waals surface area contributed by atoms with Gasteiger partial charge in [0.25, 0.3) is 0 Å². The normalized spacial score (nSPS) is 31.4. The van der Waals surface area contributed by atoms with Gasteiger partial charge in [-0.05, 0) is 61.8 Å². The molecule has 7 heteroatoms. The smallest absolute Gasteiger partial charge is 0.341 e. The zero-order valence-corrected chi connectivity index (χ0v) is 16.4. The molecule has 27 heavy (non-hydrogen) atoms. The maximum Gasteiger partial charge on any atom is 0.341 e. The van der Waals surface area contributed by atoms with E-state index < -0.39 is 23.8 Å². The number of esters is 1. The SMILES string of the molecule is COC(=O)c1c(NC(=O)[C@@H]2[C@H]3CC[C@@H](C3)[C@@H]2C(=O)O)sc2c1CC[C@H](C)C2. The van der Waals surface area contributed by atoms with Gasteiger partial charge >= 0.3 is 11.9 Å². The molecule has 146 valence electrons. The minimum Gasteiger partial charge on any atom is -0.481 e. The molecule has 0 saturated heterocycles. The van der Waals surface area contributed by atoms with E-state index in [1.165, 1.54) is 18.4 Å². The Morgan fingerprint density at radius 3 is 2.52 bits per heavy atom. The molecule has 0 radical (unpaired) electrons. The summed E-state index contributed by atoms with van der Waals surface area (Å²) in [5.41, 5.74) is 1.45. The summed E-state index contributed by atoms with van der Waals surface area (Å²) >= 11 is 1.45. The topological polar surface area (TPSA) is 92.7 Å². The van der Waals surface area contributed by atoms with E-state index in [4.69, 9.17) is 4.74 Å². The lowest BCUT2D eigenvalue weighted by atomic mass is 9.78. The predicted molar refractivity (Wildman–Crippen MR) is 101 cm³/mol. The lowest BCUT2D eigenvalue weighted by Gasteiger charge is -2.26. The van der Waals surface area contributed by atoms with Crippen molar-refractivity contribution in [2.45, 2.75) is 45.4 Å². The number of nitrogens with one attached hydrogen (secondary N) is 1. The van der Waals surface area contributed by atoms with Crippen LogP contribution in [0.15, 0.2) is 0 Å². The number of aliphatic carboxylic acids is 1. The second-order valence-corrected chi connectivity index (χ2v) is 9.36. The van der Waals surface area contributed by atoms with Gasteiger partial charge < -0.3 is 15.2 Å². The average molecular weight is 391 g/mol. The standard InChI is InChI=1S/C20H25NO5S/c1-9-3-6-12-13(7-9)27-18(16(12)20(25)26-2)21-17(22)14-10-4-5-11(8-10)15(14)19(23)24/h9-11,14-15H,3-8H2,1-2H3,(H,21,22)(H,23,24)/t9-,10-,11-,14+,15-/m0/s1. The minimum atomic E-state index is -0.880. The first-order chi connectivity index (χ1) is 12.9. The van der Waals surface area contributed by atoms with Crippen molar-refractivity contribution in [3.63, 3.8) is 0 Å². The van der Waals surface area contributed by atoms with Crippen molar-refractivity contribution >= 4 is 34.2 Å². The van der Waals surface area contributed by atoms with Gasteiger partial charge in [-0.25, -0.2) is 4.79 Å². The van der Waals surface area contributed by atoms with Crippen molar-refractivity contribution in [1.29, 1.82) is 0 Å². The molecule has 0 unspecified atom stereocenters. The molecular weight excluding hydrogens is 366 g/mol. The van der Waals surface area contributed by atoms with Crippen LogP contribution in [0, 0.1) is 29.6 Å². The van der Waals surface area contributed by atoms with Gasteiger partial charge in [-0.3, -0.25) is 9.59 Å². The molecule has 4 rings (SSSR count). The van der Waals surface area contributed by atoms with E-state index in [9.17, 15) is 19.5 Å². The van der Waals surface area contributed by atoms with Crippen molar-refractivity contribution < 1.29 is 24.2 Å². The van der Waals surface area contributed by atoms with Gasteiger partial charge in [0.1, 0.15) is 5.00 Å². The van der Waals surface area contributed by atoms with Crippen molar-refractivity contribution in [2.75, 3.05) is 12.4 Å². The molecule has 0 spiro atoms. The first-order valence-corrected chi connectivity index (χ1v) is 10.5. The fraction of sp³-hybridized carbons (Fsp3) is 0.650. The third kappa shape index (κ3) is 3.06. The van der Waals surface area contributed by atoms with Crippen molar-refractivity contribution in [3.8, 4) is 0 Å². The Labute approximate surface area is 162 Å². The molecule has 5 atom stereocenters. The summed E-state index contributed by atoms with van der Waals surface area (Å²) in [6.07, 6.45) is 5.33. The third-order valence-corrected chi connectivity index (χ3v) is 7.81. The highest BCUT2D eigenvalue weighted by Gasteiger charge is 2.54. The quantitative estimate of drug-likeness (QED) is 0.768. The summed E-state index contributed by atoms with van der Waals surface area (Å²) in [5.74, 6) is -1.91. The monoisotopic (exact) mass is 391 g/mol. The Bertz CT molecular complexity index is 801. The first kappa shape index (κ1) is 18.5. The molecule has 1 amide bonds. The van der Waals surface area contributed by atoms with Gasteiger partial charge in [0.15, 0.2) is 0 Å². The van der Waals surface area contributed by atoms with Crippen LogP contribution in [0.3, 0.4) is 0 Å². The van der Waals surface area contributed by atoms with E-state index in [-0.39, 0.29) is 17.7 Å². The highest BCUT2D eigenvalue weighted by molar-refractivity contribution is 7.17. The van der Waals surface area contributed by atoms with Crippen LogP contribution in [0.2, 0.25) is 0 Å². The number of fused-ring (bicyclic) bond motifs is 3. The molecule has 1 aromatic rings. The maximum absolute atomic E-state index is 13.0. The van der Waals surface area contributed by atoms with Gasteiger partial charge in [-0.2, -0.15) is 0 Å². The van der Waals surface area contributed by atoms with Crippen LogP contribution in [0.1, 0.15) is 53.4 Å². The summed E-state index contributed by atoms with van der Waals surface area (Å²) in [7, 11) is 1.35. The Morgan fingerprint density at radius 2 is 1.85 bits per heavy atom. The Morgan fingerprint density at radius 1 is 1.15 bits per heavy atom. The van der Waals surface area contributed by atoms with Gasteiger partial charge in [0.05, 0.1) is 24.5 Å². The summed E-state index contributed by atoms with van der Waals surface area (Å²) in [4.78, 5) is 38.3. The number of rotatable bonds is 4. The Hall–Kier alpha value is -1.89. The van der Waals surface area contributed by atoms with Crippen LogP contribution < -0.4 is 5.32 Å². The molecule has 2 fully saturated rings. The van der Waals surface area contributed by atoms with Crippen LogP contribution in [-0.4, -0.2) is 30.1 Å². The number of carbonyl (C=O) groups excluding carboxylic acids is 2. The number of amides is 1. The van der Waals surface area contributed by atoms with E-state index in [0.717, 1.165) is 49.0 Å². The van der Waals surface area contributed by atoms with Gasteiger partial charge in [0, 0.05) is 4.88 Å². The molecule has 1 aromatic heterocycles. The van der Waals surface area contributed by atoms with Crippen molar-refractivity contribution in [2.24, 2.45) is 29.6 Å². The lowest BCUT2D eigenvalue weighted by molar-refractivity contribution is -0.148. The molecule has 3 aliphatic carbocycles. The van der Waals surface area contributed by atoms with Gasteiger partial charge in [-0.15, -0.1) is 11.3 Å². The van der Waals surface area contributed by atoms with E-state index in [2.05, 4.69) is 12.2 Å². The number of hydrogen-bond donors (Lipinski definition) is 2. The number of anilines is 1.